The third-order valence-corrected chi connectivity index (χ3v) is 4.27. The number of nitrogens with zero attached hydrogens (tertiary/aromatic N) is 1. The monoisotopic (exact) mass is 269 g/mol. The lowest BCUT2D eigenvalue weighted by molar-refractivity contribution is -0.0292. The zero-order valence-electron chi connectivity index (χ0n) is 11.3. The molecule has 0 amide bonds. The Morgan fingerprint density at radius 3 is 3.06 bits per heavy atom. The highest BCUT2D eigenvalue weighted by atomic mass is 32.1. The molecular formula is C14H23NO2S. The molecule has 0 bridgehead atoms. The fourth-order valence-electron chi connectivity index (χ4n) is 2.53. The van der Waals surface area contributed by atoms with Crippen molar-refractivity contribution in [1.29, 1.82) is 0 Å². The number of aliphatic hydroxyl groups is 1. The van der Waals surface area contributed by atoms with E-state index < -0.39 is 5.60 Å². The molecule has 1 aromatic heterocycles. The average Bonchev–Trinajstić information content (AvgIpc) is 2.78. The van der Waals surface area contributed by atoms with E-state index in [1.165, 1.54) is 0 Å². The van der Waals surface area contributed by atoms with Crippen LogP contribution in [0.5, 0.6) is 5.75 Å². The summed E-state index contributed by atoms with van der Waals surface area (Å²) in [6, 6.07) is 0. The minimum absolute atomic E-state index is 0.702. The van der Waals surface area contributed by atoms with E-state index in [0.29, 0.717) is 6.54 Å². The Hall–Kier alpha value is -0.580. The first-order chi connectivity index (χ1) is 8.65. The lowest BCUT2D eigenvalue weighted by Crippen LogP contribution is -2.44. The number of rotatable bonds is 5. The lowest BCUT2D eigenvalue weighted by Gasteiger charge is -2.37. The molecule has 1 saturated heterocycles. The molecule has 1 atom stereocenters. The molecule has 1 aliphatic rings. The van der Waals surface area contributed by atoms with E-state index in [1.807, 2.05) is 10.8 Å². The van der Waals surface area contributed by atoms with Crippen LogP contribution in [0.15, 0.2) is 10.8 Å². The first-order valence-electron chi connectivity index (χ1n) is 6.76. The summed E-state index contributed by atoms with van der Waals surface area (Å²) in [4.78, 5) is 2.19. The predicted molar refractivity (Wildman–Crippen MR) is 75.3 cm³/mol. The van der Waals surface area contributed by atoms with Crippen LogP contribution < -0.4 is 4.74 Å². The zero-order chi connectivity index (χ0) is 13.0. The van der Waals surface area contributed by atoms with Gasteiger partial charge < -0.3 is 14.7 Å². The lowest BCUT2D eigenvalue weighted by atomic mass is 9.87. The maximum atomic E-state index is 10.8. The molecule has 2 rings (SSSR count). The van der Waals surface area contributed by atoms with Gasteiger partial charge in [-0.25, -0.2) is 0 Å². The Balaban J connectivity index is 2.09. The zero-order valence-corrected chi connectivity index (χ0v) is 12.1. The van der Waals surface area contributed by atoms with Gasteiger partial charge >= 0.3 is 0 Å². The molecule has 0 spiro atoms. The summed E-state index contributed by atoms with van der Waals surface area (Å²) >= 11 is 1.61. The standard InChI is InChI=1S/C14H23NO2S/c1-3-4-8-17-13-10-18-9-12(13)14(16)6-5-7-15(2)11-14/h9-10,16H,3-8,11H2,1-2H3. The van der Waals surface area contributed by atoms with Crippen molar-refractivity contribution >= 4 is 11.3 Å². The van der Waals surface area contributed by atoms with Crippen LogP contribution in [0, 0.1) is 0 Å². The van der Waals surface area contributed by atoms with Crippen LogP contribution >= 0.6 is 11.3 Å². The first kappa shape index (κ1) is 13.8. The minimum atomic E-state index is -0.728. The molecule has 1 N–H and O–H groups in total. The van der Waals surface area contributed by atoms with Crippen LogP contribution in [-0.2, 0) is 5.60 Å². The molecule has 3 nitrogen and oxygen atoms in total. The summed E-state index contributed by atoms with van der Waals surface area (Å²) in [5.74, 6) is 0.881. The normalized spacial score (nSPS) is 25.3. The Morgan fingerprint density at radius 1 is 1.50 bits per heavy atom. The molecule has 1 aromatic rings. The topological polar surface area (TPSA) is 32.7 Å². The molecule has 18 heavy (non-hydrogen) atoms. The van der Waals surface area contributed by atoms with Gasteiger partial charge in [0.2, 0.25) is 0 Å². The van der Waals surface area contributed by atoms with Crippen molar-refractivity contribution in [3.05, 3.63) is 16.3 Å². The number of likely N-dealkylation sites (tertiary alicyclic amines) is 1. The van der Waals surface area contributed by atoms with E-state index in [2.05, 4.69) is 18.9 Å². The molecular weight excluding hydrogens is 246 g/mol. The van der Waals surface area contributed by atoms with Gasteiger partial charge in [0.1, 0.15) is 11.4 Å². The largest absolute Gasteiger partial charge is 0.492 e. The Kier molecular flexibility index (Phi) is 4.65. The highest BCUT2D eigenvalue weighted by Gasteiger charge is 2.36. The van der Waals surface area contributed by atoms with Crippen LogP contribution in [-0.4, -0.2) is 36.8 Å². The molecule has 102 valence electrons. The molecule has 2 heterocycles. The fraction of sp³-hybridized carbons (Fsp3) is 0.714. The number of thiophene rings is 1. The molecule has 1 aliphatic heterocycles. The second kappa shape index (κ2) is 6.04. The summed E-state index contributed by atoms with van der Waals surface area (Å²) in [5.41, 5.74) is 0.254. The number of unbranched alkanes of at least 4 members (excludes halogenated alkanes) is 1. The fourth-order valence-corrected chi connectivity index (χ4v) is 3.39. The number of β-amino-alcohol motifs (C(OH)–C–C–N with tert-alkyl or cyclic N) is 1. The molecule has 0 aliphatic carbocycles. The molecule has 4 heteroatoms. The second-order valence-corrected chi connectivity index (χ2v) is 5.97. The summed E-state index contributed by atoms with van der Waals surface area (Å²) in [5, 5.41) is 14.9. The number of likely N-dealkylation sites (N-methyl/N-ethyl adjacent to an activating group) is 1. The Labute approximate surface area is 113 Å². The Morgan fingerprint density at radius 2 is 2.33 bits per heavy atom. The van der Waals surface area contributed by atoms with Crippen molar-refractivity contribution in [2.75, 3.05) is 26.7 Å². The van der Waals surface area contributed by atoms with Gasteiger partial charge in [-0.3, -0.25) is 0 Å². The first-order valence-corrected chi connectivity index (χ1v) is 7.70. The van der Waals surface area contributed by atoms with Crippen molar-refractivity contribution in [3.8, 4) is 5.75 Å². The van der Waals surface area contributed by atoms with E-state index in [0.717, 1.165) is 50.1 Å². The quantitative estimate of drug-likeness (QED) is 0.834. The van der Waals surface area contributed by atoms with E-state index in [1.54, 1.807) is 11.3 Å². The SMILES string of the molecule is CCCCOc1cscc1C1(O)CCCN(C)C1. The van der Waals surface area contributed by atoms with Crippen molar-refractivity contribution in [3.63, 3.8) is 0 Å². The predicted octanol–water partition coefficient (Wildman–Crippen LogP) is 2.84. The smallest absolute Gasteiger partial charge is 0.136 e. The van der Waals surface area contributed by atoms with Crippen LogP contribution in [0.3, 0.4) is 0 Å². The van der Waals surface area contributed by atoms with E-state index in [4.69, 9.17) is 4.74 Å². The number of hydrogen-bond donors (Lipinski definition) is 1. The van der Waals surface area contributed by atoms with Crippen LogP contribution in [0.2, 0.25) is 0 Å². The number of hydrogen-bond acceptors (Lipinski definition) is 4. The van der Waals surface area contributed by atoms with E-state index in [9.17, 15) is 5.11 Å². The Bertz CT molecular complexity index is 380. The van der Waals surface area contributed by atoms with E-state index >= 15 is 0 Å². The third-order valence-electron chi connectivity index (χ3n) is 3.54. The van der Waals surface area contributed by atoms with Crippen LogP contribution in [0.4, 0.5) is 0 Å². The molecule has 0 saturated carbocycles. The van der Waals surface area contributed by atoms with Gasteiger partial charge in [0.15, 0.2) is 0 Å². The molecule has 0 radical (unpaired) electrons. The van der Waals surface area contributed by atoms with Gasteiger partial charge in [0.05, 0.1) is 6.61 Å². The minimum Gasteiger partial charge on any atom is -0.492 e. The maximum Gasteiger partial charge on any atom is 0.136 e. The van der Waals surface area contributed by atoms with Gasteiger partial charge in [0.25, 0.3) is 0 Å². The van der Waals surface area contributed by atoms with Gasteiger partial charge in [0, 0.05) is 22.9 Å². The van der Waals surface area contributed by atoms with Crippen molar-refractivity contribution in [1.82, 2.24) is 4.90 Å². The van der Waals surface area contributed by atoms with Crippen LogP contribution in [0.1, 0.15) is 38.2 Å². The summed E-state index contributed by atoms with van der Waals surface area (Å²) in [6.45, 7) is 4.67. The van der Waals surface area contributed by atoms with Crippen molar-refractivity contribution in [2.24, 2.45) is 0 Å². The number of piperidine rings is 1. The van der Waals surface area contributed by atoms with Gasteiger partial charge in [-0.2, -0.15) is 0 Å². The third kappa shape index (κ3) is 3.05. The molecule has 0 aromatic carbocycles. The highest BCUT2D eigenvalue weighted by molar-refractivity contribution is 7.08. The van der Waals surface area contributed by atoms with E-state index in [-0.39, 0.29) is 0 Å². The van der Waals surface area contributed by atoms with Gasteiger partial charge in [-0.1, -0.05) is 13.3 Å². The molecule has 1 unspecified atom stereocenters. The molecule has 1 fully saturated rings. The van der Waals surface area contributed by atoms with Crippen molar-refractivity contribution in [2.45, 2.75) is 38.2 Å². The second-order valence-electron chi connectivity index (χ2n) is 5.22. The summed E-state index contributed by atoms with van der Waals surface area (Å²) in [6.07, 6.45) is 4.07. The number of ether oxygens (including phenoxy) is 1. The highest BCUT2D eigenvalue weighted by Crippen LogP contribution is 2.38. The van der Waals surface area contributed by atoms with Gasteiger partial charge in [-0.15, -0.1) is 11.3 Å². The average molecular weight is 269 g/mol. The van der Waals surface area contributed by atoms with Gasteiger partial charge in [-0.05, 0) is 32.9 Å². The van der Waals surface area contributed by atoms with Crippen molar-refractivity contribution < 1.29 is 9.84 Å². The maximum absolute atomic E-state index is 10.8. The summed E-state index contributed by atoms with van der Waals surface area (Å²) < 4.78 is 5.80. The summed E-state index contributed by atoms with van der Waals surface area (Å²) in [7, 11) is 2.06. The van der Waals surface area contributed by atoms with Crippen LogP contribution in [0.25, 0.3) is 0 Å².